The monoisotopic (exact) mass is 387 g/mol. The van der Waals surface area contributed by atoms with Crippen molar-refractivity contribution in [2.75, 3.05) is 6.61 Å². The summed E-state index contributed by atoms with van der Waals surface area (Å²) in [5.41, 5.74) is 5.09. The number of aromatic nitrogens is 5. The molecule has 0 spiro atoms. The first-order chi connectivity index (χ1) is 14.0. The number of hydrogen-bond donors (Lipinski definition) is 1. The van der Waals surface area contributed by atoms with Gasteiger partial charge in [0.15, 0.2) is 0 Å². The maximum absolute atomic E-state index is 13.2. The largest absolute Gasteiger partial charge is 0.394 e. The molecule has 0 bridgehead atoms. The van der Waals surface area contributed by atoms with E-state index in [0.29, 0.717) is 22.3 Å². The molecule has 0 radical (unpaired) electrons. The van der Waals surface area contributed by atoms with E-state index in [0.717, 1.165) is 22.4 Å². The molecule has 4 rings (SSSR count). The highest BCUT2D eigenvalue weighted by Gasteiger charge is 2.17. The minimum absolute atomic E-state index is 0.151. The first kappa shape index (κ1) is 18.9. The van der Waals surface area contributed by atoms with Gasteiger partial charge in [-0.05, 0) is 50.6 Å². The van der Waals surface area contributed by atoms with Crippen LogP contribution in [0.25, 0.3) is 33.4 Å². The Morgan fingerprint density at radius 3 is 2.69 bits per heavy atom. The number of pyridine rings is 3. The first-order valence-electron chi connectivity index (χ1n) is 9.36. The second-order valence-corrected chi connectivity index (χ2v) is 7.12. The molecule has 0 amide bonds. The molecule has 0 aliphatic rings. The molecule has 1 N–H and O–H groups in total. The van der Waals surface area contributed by atoms with Crippen LogP contribution in [0.3, 0.4) is 0 Å². The highest BCUT2D eigenvalue weighted by atomic mass is 16.3. The molecule has 29 heavy (non-hydrogen) atoms. The molecular formula is C22H21N5O2. The van der Waals surface area contributed by atoms with Crippen molar-refractivity contribution in [2.45, 2.75) is 26.8 Å². The van der Waals surface area contributed by atoms with E-state index in [2.05, 4.69) is 15.0 Å². The molecule has 0 saturated heterocycles. The third-order valence-corrected chi connectivity index (χ3v) is 4.97. The fourth-order valence-electron chi connectivity index (χ4n) is 3.35. The van der Waals surface area contributed by atoms with E-state index in [1.165, 1.54) is 10.9 Å². The Kier molecular flexibility index (Phi) is 4.90. The number of aryl methyl sites for hydroxylation is 2. The Hall–Kier alpha value is -3.45. The van der Waals surface area contributed by atoms with Gasteiger partial charge >= 0.3 is 0 Å². The molecule has 0 aromatic carbocycles. The third kappa shape index (κ3) is 3.40. The van der Waals surface area contributed by atoms with Gasteiger partial charge in [-0.1, -0.05) is 0 Å². The number of aliphatic hydroxyl groups excluding tert-OH is 1. The third-order valence-electron chi connectivity index (χ3n) is 4.97. The van der Waals surface area contributed by atoms with Gasteiger partial charge in [0.05, 0.1) is 35.8 Å². The number of rotatable bonds is 4. The van der Waals surface area contributed by atoms with Crippen LogP contribution in [0.4, 0.5) is 0 Å². The lowest BCUT2D eigenvalue weighted by Gasteiger charge is -2.15. The predicted molar refractivity (Wildman–Crippen MR) is 112 cm³/mol. The Labute approximate surface area is 167 Å². The summed E-state index contributed by atoms with van der Waals surface area (Å²) in [5.74, 6) is 0. The molecule has 0 unspecified atom stereocenters. The van der Waals surface area contributed by atoms with Gasteiger partial charge in [0.25, 0.3) is 5.56 Å². The van der Waals surface area contributed by atoms with Gasteiger partial charge in [-0.2, -0.15) is 0 Å². The van der Waals surface area contributed by atoms with Crippen LogP contribution in [0.5, 0.6) is 0 Å². The van der Waals surface area contributed by atoms with E-state index in [-0.39, 0.29) is 18.2 Å². The van der Waals surface area contributed by atoms with E-state index in [1.54, 1.807) is 31.6 Å². The highest BCUT2D eigenvalue weighted by Crippen LogP contribution is 2.29. The molecule has 7 heteroatoms. The summed E-state index contributed by atoms with van der Waals surface area (Å²) in [6, 6.07) is 7.08. The van der Waals surface area contributed by atoms with Crippen LogP contribution in [0.2, 0.25) is 0 Å². The van der Waals surface area contributed by atoms with Gasteiger partial charge in [-0.15, -0.1) is 0 Å². The van der Waals surface area contributed by atoms with Gasteiger partial charge in [-0.3, -0.25) is 19.3 Å². The Balaban J connectivity index is 2.07. The molecule has 1 atom stereocenters. The topological polar surface area (TPSA) is 93.8 Å². The zero-order valence-electron chi connectivity index (χ0n) is 16.5. The zero-order valence-corrected chi connectivity index (χ0v) is 16.5. The van der Waals surface area contributed by atoms with E-state index in [9.17, 15) is 9.90 Å². The lowest BCUT2D eigenvalue weighted by molar-refractivity contribution is 0.236. The van der Waals surface area contributed by atoms with Crippen LogP contribution in [-0.2, 0) is 0 Å². The highest BCUT2D eigenvalue weighted by molar-refractivity contribution is 5.93. The van der Waals surface area contributed by atoms with Crippen LogP contribution in [0, 0.1) is 13.8 Å². The Morgan fingerprint density at radius 2 is 2.00 bits per heavy atom. The summed E-state index contributed by atoms with van der Waals surface area (Å²) in [7, 11) is 0. The summed E-state index contributed by atoms with van der Waals surface area (Å²) in [6.45, 7) is 5.55. The summed E-state index contributed by atoms with van der Waals surface area (Å²) in [6.07, 6.45) is 6.63. The maximum atomic E-state index is 13.2. The van der Waals surface area contributed by atoms with E-state index < -0.39 is 0 Å². The molecule has 146 valence electrons. The van der Waals surface area contributed by atoms with E-state index in [4.69, 9.17) is 4.98 Å². The van der Waals surface area contributed by atoms with Crippen molar-refractivity contribution >= 4 is 10.9 Å². The van der Waals surface area contributed by atoms with Crippen molar-refractivity contribution in [3.63, 3.8) is 0 Å². The standard InChI is InChI=1S/C22H21N5O2/c1-13-7-14(2)24-10-18(13)19-8-17-21(20(26-19)16-5-4-6-23-9-16)25-12-27(22(17)29)15(3)11-28/h4-10,12,15,28H,11H2,1-3H3/t15-/m0/s1. The van der Waals surface area contributed by atoms with Gasteiger partial charge in [-0.25, -0.2) is 9.97 Å². The normalized spacial score (nSPS) is 12.3. The summed E-state index contributed by atoms with van der Waals surface area (Å²) in [5, 5.41) is 9.94. The second kappa shape index (κ2) is 7.52. The van der Waals surface area contributed by atoms with Crippen molar-refractivity contribution in [1.29, 1.82) is 0 Å². The van der Waals surface area contributed by atoms with Crippen molar-refractivity contribution in [3.05, 3.63) is 70.8 Å². The lowest BCUT2D eigenvalue weighted by atomic mass is 10.0. The molecule has 0 saturated carbocycles. The van der Waals surface area contributed by atoms with Crippen molar-refractivity contribution < 1.29 is 5.11 Å². The van der Waals surface area contributed by atoms with Crippen LogP contribution < -0.4 is 5.56 Å². The Morgan fingerprint density at radius 1 is 1.17 bits per heavy atom. The van der Waals surface area contributed by atoms with Crippen LogP contribution in [-0.4, -0.2) is 36.2 Å². The van der Waals surface area contributed by atoms with Crippen molar-refractivity contribution in [3.8, 4) is 22.5 Å². The molecule has 0 aliphatic heterocycles. The molecule has 4 aromatic rings. The number of aliphatic hydroxyl groups is 1. The fraction of sp³-hybridized carbons (Fsp3) is 0.227. The van der Waals surface area contributed by atoms with E-state index in [1.807, 2.05) is 32.0 Å². The molecule has 4 heterocycles. The SMILES string of the molecule is Cc1cc(C)c(-c2cc3c(=O)n([C@@H](C)CO)cnc3c(-c3cccnc3)n2)cn1. The molecule has 4 aromatic heterocycles. The first-order valence-corrected chi connectivity index (χ1v) is 9.36. The molecule has 0 aliphatic carbocycles. The summed E-state index contributed by atoms with van der Waals surface area (Å²) < 4.78 is 1.44. The summed E-state index contributed by atoms with van der Waals surface area (Å²) >= 11 is 0. The molecular weight excluding hydrogens is 366 g/mol. The van der Waals surface area contributed by atoms with Crippen molar-refractivity contribution in [2.24, 2.45) is 0 Å². The fourth-order valence-corrected chi connectivity index (χ4v) is 3.35. The molecule has 0 fully saturated rings. The van der Waals surface area contributed by atoms with Gasteiger partial charge in [0.1, 0.15) is 5.52 Å². The average molecular weight is 387 g/mol. The summed E-state index contributed by atoms with van der Waals surface area (Å²) in [4.78, 5) is 31.1. The minimum Gasteiger partial charge on any atom is -0.394 e. The van der Waals surface area contributed by atoms with Gasteiger partial charge < -0.3 is 5.11 Å². The average Bonchev–Trinajstić information content (AvgIpc) is 2.73. The predicted octanol–water partition coefficient (Wildman–Crippen LogP) is 3.09. The number of nitrogens with zero attached hydrogens (tertiary/aromatic N) is 5. The zero-order chi connectivity index (χ0) is 20.5. The smallest absolute Gasteiger partial charge is 0.261 e. The van der Waals surface area contributed by atoms with Crippen LogP contribution in [0.1, 0.15) is 24.2 Å². The lowest BCUT2D eigenvalue weighted by Crippen LogP contribution is -2.26. The van der Waals surface area contributed by atoms with Gasteiger partial charge in [0, 0.05) is 35.4 Å². The van der Waals surface area contributed by atoms with Crippen LogP contribution in [0.15, 0.2) is 54.0 Å². The van der Waals surface area contributed by atoms with E-state index >= 15 is 0 Å². The number of hydrogen-bond acceptors (Lipinski definition) is 6. The second-order valence-electron chi connectivity index (χ2n) is 7.12. The maximum Gasteiger partial charge on any atom is 0.261 e. The van der Waals surface area contributed by atoms with Gasteiger partial charge in [0.2, 0.25) is 0 Å². The molecule has 7 nitrogen and oxygen atoms in total. The quantitative estimate of drug-likeness (QED) is 0.578. The van der Waals surface area contributed by atoms with Crippen molar-refractivity contribution in [1.82, 2.24) is 24.5 Å². The van der Waals surface area contributed by atoms with Crippen LogP contribution >= 0.6 is 0 Å². The Bertz CT molecular complexity index is 1250. The minimum atomic E-state index is -0.374. The number of fused-ring (bicyclic) bond motifs is 1.